The lowest BCUT2D eigenvalue weighted by atomic mass is 10.1. The zero-order valence-electron chi connectivity index (χ0n) is 17.9. The maximum Gasteiger partial charge on any atom is 0.317 e. The molecule has 1 aliphatic heterocycles. The highest BCUT2D eigenvalue weighted by molar-refractivity contribution is 6.31. The van der Waals surface area contributed by atoms with Crippen molar-refractivity contribution in [2.75, 3.05) is 39.9 Å². The number of urea groups is 1. The van der Waals surface area contributed by atoms with E-state index in [4.69, 9.17) is 21.1 Å². The minimum atomic E-state index is -0.147. The summed E-state index contributed by atoms with van der Waals surface area (Å²) >= 11 is 6.15. The molecule has 1 heterocycles. The summed E-state index contributed by atoms with van der Waals surface area (Å²) in [6.45, 7) is 4.85. The van der Waals surface area contributed by atoms with Gasteiger partial charge in [-0.1, -0.05) is 35.9 Å². The third-order valence-corrected chi connectivity index (χ3v) is 5.56. The highest BCUT2D eigenvalue weighted by atomic mass is 35.5. The van der Waals surface area contributed by atoms with E-state index in [1.807, 2.05) is 43.3 Å². The minimum absolute atomic E-state index is 0.0228. The zero-order valence-corrected chi connectivity index (χ0v) is 18.7. The molecule has 0 bridgehead atoms. The van der Waals surface area contributed by atoms with Gasteiger partial charge in [0, 0.05) is 37.7 Å². The lowest BCUT2D eigenvalue weighted by molar-refractivity contribution is -0.131. The maximum absolute atomic E-state index is 12.6. The molecular formula is C23H28ClN3O4. The number of rotatable bonds is 7. The lowest BCUT2D eigenvalue weighted by Gasteiger charge is -2.34. The van der Waals surface area contributed by atoms with E-state index in [1.54, 1.807) is 23.0 Å². The minimum Gasteiger partial charge on any atom is -0.493 e. The summed E-state index contributed by atoms with van der Waals surface area (Å²) in [5.41, 5.74) is 1.74. The van der Waals surface area contributed by atoms with Gasteiger partial charge in [0.15, 0.2) is 11.5 Å². The molecule has 3 rings (SSSR count). The molecule has 2 aromatic rings. The average molecular weight is 446 g/mol. The van der Waals surface area contributed by atoms with Gasteiger partial charge in [-0.15, -0.1) is 0 Å². The van der Waals surface area contributed by atoms with E-state index in [-0.39, 0.29) is 18.4 Å². The number of hydrogen-bond donors (Lipinski definition) is 1. The van der Waals surface area contributed by atoms with Crippen LogP contribution in [0.15, 0.2) is 42.5 Å². The van der Waals surface area contributed by atoms with Crippen molar-refractivity contribution in [3.63, 3.8) is 0 Å². The van der Waals surface area contributed by atoms with Gasteiger partial charge in [-0.2, -0.15) is 0 Å². The Bertz CT molecular complexity index is 913. The van der Waals surface area contributed by atoms with Gasteiger partial charge < -0.3 is 24.6 Å². The molecule has 7 nitrogen and oxygen atoms in total. The summed E-state index contributed by atoms with van der Waals surface area (Å²) in [6, 6.07) is 12.8. The molecule has 0 spiro atoms. The molecular weight excluding hydrogens is 418 g/mol. The van der Waals surface area contributed by atoms with E-state index < -0.39 is 0 Å². The number of methoxy groups -OCH3 is 1. The Hall–Kier alpha value is -2.93. The fraction of sp³-hybridized carbons (Fsp3) is 0.391. The Balaban J connectivity index is 1.47. The van der Waals surface area contributed by atoms with Crippen LogP contribution in [0.2, 0.25) is 5.02 Å². The molecule has 1 N–H and O–H groups in total. The molecule has 0 saturated carbocycles. The van der Waals surface area contributed by atoms with Gasteiger partial charge in [-0.3, -0.25) is 4.79 Å². The monoisotopic (exact) mass is 445 g/mol. The number of nitrogens with one attached hydrogen (secondary N) is 1. The predicted molar refractivity (Wildman–Crippen MR) is 120 cm³/mol. The van der Waals surface area contributed by atoms with Crippen LogP contribution in [0.25, 0.3) is 0 Å². The number of amides is 3. The van der Waals surface area contributed by atoms with Gasteiger partial charge in [0.25, 0.3) is 0 Å². The van der Waals surface area contributed by atoms with Gasteiger partial charge in [-0.05, 0) is 36.2 Å². The summed E-state index contributed by atoms with van der Waals surface area (Å²) < 4.78 is 10.9. The number of carbonyl (C=O) groups is 2. The molecule has 0 atom stereocenters. The second-order valence-electron chi connectivity index (χ2n) is 7.21. The van der Waals surface area contributed by atoms with Crippen molar-refractivity contribution < 1.29 is 19.1 Å². The van der Waals surface area contributed by atoms with E-state index in [0.29, 0.717) is 55.9 Å². The molecule has 1 fully saturated rings. The third-order valence-electron chi connectivity index (χ3n) is 5.19. The first-order valence-electron chi connectivity index (χ1n) is 10.4. The van der Waals surface area contributed by atoms with Gasteiger partial charge in [0.2, 0.25) is 5.91 Å². The van der Waals surface area contributed by atoms with Gasteiger partial charge in [0.1, 0.15) is 0 Å². The molecule has 2 aromatic carbocycles. The number of hydrogen-bond acceptors (Lipinski definition) is 4. The summed E-state index contributed by atoms with van der Waals surface area (Å²) in [6.07, 6.45) is 0.269. The van der Waals surface area contributed by atoms with E-state index in [1.165, 1.54) is 0 Å². The summed E-state index contributed by atoms with van der Waals surface area (Å²) in [5.74, 6) is 1.34. The number of carbonyl (C=O) groups excluding carboxylic acids is 2. The Morgan fingerprint density at radius 1 is 1.03 bits per heavy atom. The second kappa shape index (κ2) is 10.9. The average Bonchev–Trinajstić information content (AvgIpc) is 2.80. The molecule has 166 valence electrons. The van der Waals surface area contributed by atoms with E-state index in [0.717, 1.165) is 11.1 Å². The van der Waals surface area contributed by atoms with Crippen LogP contribution in [0.1, 0.15) is 18.1 Å². The van der Waals surface area contributed by atoms with Crippen LogP contribution in [0.5, 0.6) is 11.5 Å². The van der Waals surface area contributed by atoms with Crippen molar-refractivity contribution in [3.8, 4) is 11.5 Å². The van der Waals surface area contributed by atoms with Crippen molar-refractivity contribution in [1.82, 2.24) is 15.1 Å². The SMILES string of the molecule is CCOc1ccc(CNC(=O)N2CCN(C(=O)Cc3ccccc3Cl)CC2)cc1OC. The van der Waals surface area contributed by atoms with E-state index in [2.05, 4.69) is 5.32 Å². The number of piperazine rings is 1. The summed E-state index contributed by atoms with van der Waals surface area (Å²) in [7, 11) is 1.59. The topological polar surface area (TPSA) is 71.1 Å². The summed E-state index contributed by atoms with van der Waals surface area (Å²) in [5, 5.41) is 3.53. The largest absolute Gasteiger partial charge is 0.493 e. The van der Waals surface area contributed by atoms with E-state index >= 15 is 0 Å². The van der Waals surface area contributed by atoms with Crippen molar-refractivity contribution in [2.24, 2.45) is 0 Å². The van der Waals surface area contributed by atoms with Crippen LogP contribution in [-0.2, 0) is 17.8 Å². The van der Waals surface area contributed by atoms with Crippen LogP contribution in [0.3, 0.4) is 0 Å². The Morgan fingerprint density at radius 3 is 2.42 bits per heavy atom. The normalized spacial score (nSPS) is 13.6. The first-order chi connectivity index (χ1) is 15.0. The summed E-state index contributed by atoms with van der Waals surface area (Å²) in [4.78, 5) is 28.6. The molecule has 0 radical (unpaired) electrons. The van der Waals surface area contributed by atoms with Gasteiger partial charge >= 0.3 is 6.03 Å². The van der Waals surface area contributed by atoms with Crippen molar-refractivity contribution in [1.29, 1.82) is 0 Å². The number of benzene rings is 2. The molecule has 1 aliphatic rings. The number of halogens is 1. The fourth-order valence-electron chi connectivity index (χ4n) is 3.46. The first kappa shape index (κ1) is 22.7. The molecule has 3 amide bonds. The van der Waals surface area contributed by atoms with Crippen LogP contribution in [0, 0.1) is 0 Å². The lowest BCUT2D eigenvalue weighted by Crippen LogP contribution is -2.53. The second-order valence-corrected chi connectivity index (χ2v) is 7.62. The molecule has 8 heteroatoms. The predicted octanol–water partition coefficient (Wildman–Crippen LogP) is 3.34. The third kappa shape index (κ3) is 6.04. The van der Waals surface area contributed by atoms with Gasteiger partial charge in [-0.25, -0.2) is 4.79 Å². The van der Waals surface area contributed by atoms with E-state index in [9.17, 15) is 9.59 Å². The standard InChI is InChI=1S/C23H28ClN3O4/c1-3-31-20-9-8-17(14-21(20)30-2)16-25-23(29)27-12-10-26(11-13-27)22(28)15-18-6-4-5-7-19(18)24/h4-9,14H,3,10-13,15-16H2,1-2H3,(H,25,29). The first-order valence-corrected chi connectivity index (χ1v) is 10.7. The Morgan fingerprint density at radius 2 is 1.74 bits per heavy atom. The highest BCUT2D eigenvalue weighted by Gasteiger charge is 2.24. The van der Waals surface area contributed by atoms with Gasteiger partial charge in [0.05, 0.1) is 20.1 Å². The highest BCUT2D eigenvalue weighted by Crippen LogP contribution is 2.28. The smallest absolute Gasteiger partial charge is 0.317 e. The molecule has 0 aromatic heterocycles. The Labute approximate surface area is 187 Å². The maximum atomic E-state index is 12.6. The van der Waals surface area contributed by atoms with Crippen LogP contribution in [0.4, 0.5) is 4.79 Å². The molecule has 31 heavy (non-hydrogen) atoms. The van der Waals surface area contributed by atoms with Crippen molar-refractivity contribution in [2.45, 2.75) is 19.9 Å². The van der Waals surface area contributed by atoms with Crippen LogP contribution < -0.4 is 14.8 Å². The Kier molecular flexibility index (Phi) is 8.00. The van der Waals surface area contributed by atoms with Crippen molar-refractivity contribution in [3.05, 3.63) is 58.6 Å². The van der Waals surface area contributed by atoms with Crippen molar-refractivity contribution >= 4 is 23.5 Å². The van der Waals surface area contributed by atoms with Crippen LogP contribution in [-0.4, -0.2) is 61.6 Å². The molecule has 0 aliphatic carbocycles. The number of nitrogens with zero attached hydrogens (tertiary/aromatic N) is 2. The van der Waals surface area contributed by atoms with Crippen LogP contribution >= 0.6 is 11.6 Å². The molecule has 0 unspecified atom stereocenters. The fourth-order valence-corrected chi connectivity index (χ4v) is 3.66. The molecule has 1 saturated heterocycles. The zero-order chi connectivity index (χ0) is 22.2. The quantitative estimate of drug-likeness (QED) is 0.709. The number of ether oxygens (including phenoxy) is 2.